The number of aryl methyl sites for hydroxylation is 1. The molecule has 0 radical (unpaired) electrons. The minimum atomic E-state index is -3.67. The van der Waals surface area contributed by atoms with Crippen molar-refractivity contribution in [2.75, 3.05) is 7.11 Å². The molecule has 0 saturated heterocycles. The maximum Gasteiger partial charge on any atom is 0.310 e. The number of hydrogen-bond donors (Lipinski definition) is 1. The van der Waals surface area contributed by atoms with Crippen LogP contribution in [-0.4, -0.2) is 27.5 Å². The first-order valence-electron chi connectivity index (χ1n) is 8.52. The minimum absolute atomic E-state index is 0.160. The van der Waals surface area contributed by atoms with Crippen molar-refractivity contribution in [3.8, 4) is 0 Å². The van der Waals surface area contributed by atoms with Crippen molar-refractivity contribution in [3.63, 3.8) is 0 Å². The Morgan fingerprint density at radius 2 is 1.75 bits per heavy atom. The van der Waals surface area contributed by atoms with E-state index in [4.69, 9.17) is 4.74 Å². The topological polar surface area (TPSA) is 72.5 Å². The van der Waals surface area contributed by atoms with Gasteiger partial charge in [-0.1, -0.05) is 43.9 Å². The summed E-state index contributed by atoms with van der Waals surface area (Å²) in [6.07, 6.45) is 5.17. The Morgan fingerprint density at radius 3 is 2.29 bits per heavy atom. The Kier molecular flexibility index (Phi) is 6.40. The number of nitrogens with one attached hydrogen (secondary N) is 1. The van der Waals surface area contributed by atoms with E-state index in [1.807, 2.05) is 6.92 Å². The van der Waals surface area contributed by atoms with Gasteiger partial charge in [0.15, 0.2) is 0 Å². The van der Waals surface area contributed by atoms with Crippen LogP contribution in [0.2, 0.25) is 0 Å². The van der Waals surface area contributed by atoms with Crippen LogP contribution in [-0.2, 0) is 19.6 Å². The molecule has 0 spiro atoms. The van der Waals surface area contributed by atoms with Crippen LogP contribution in [0.1, 0.15) is 44.6 Å². The van der Waals surface area contributed by atoms with E-state index in [2.05, 4.69) is 4.72 Å². The van der Waals surface area contributed by atoms with Crippen LogP contribution in [0.5, 0.6) is 0 Å². The molecule has 24 heavy (non-hydrogen) atoms. The highest BCUT2D eigenvalue weighted by atomic mass is 32.2. The number of carbonyl (C=O) groups excluding carboxylic acids is 1. The van der Waals surface area contributed by atoms with E-state index in [0.29, 0.717) is 0 Å². The fourth-order valence-electron chi connectivity index (χ4n) is 3.40. The van der Waals surface area contributed by atoms with Crippen molar-refractivity contribution in [1.29, 1.82) is 0 Å². The maximum atomic E-state index is 12.7. The first-order chi connectivity index (χ1) is 11.3. The lowest BCUT2D eigenvalue weighted by Crippen LogP contribution is -2.47. The van der Waals surface area contributed by atoms with Crippen molar-refractivity contribution in [1.82, 2.24) is 4.72 Å². The molecule has 134 valence electrons. The molecule has 1 N–H and O–H groups in total. The molecule has 0 bridgehead atoms. The summed E-state index contributed by atoms with van der Waals surface area (Å²) < 4.78 is 33.1. The van der Waals surface area contributed by atoms with E-state index in [1.165, 1.54) is 13.5 Å². The number of methoxy groups -OCH3 is 1. The molecule has 0 aromatic heterocycles. The van der Waals surface area contributed by atoms with Gasteiger partial charge in [-0.25, -0.2) is 13.1 Å². The van der Waals surface area contributed by atoms with Gasteiger partial charge in [0, 0.05) is 6.04 Å². The lowest BCUT2D eigenvalue weighted by atomic mass is 9.79. The van der Waals surface area contributed by atoms with Crippen molar-refractivity contribution in [2.45, 2.75) is 56.9 Å². The molecule has 1 aromatic rings. The molecular formula is C18H27NO4S. The molecule has 6 heteroatoms. The van der Waals surface area contributed by atoms with Crippen molar-refractivity contribution in [2.24, 2.45) is 11.8 Å². The van der Waals surface area contributed by atoms with Gasteiger partial charge in [-0.05, 0) is 37.8 Å². The minimum Gasteiger partial charge on any atom is -0.469 e. The fourth-order valence-corrected chi connectivity index (χ4v) is 4.78. The fraction of sp³-hybridized carbons (Fsp3) is 0.611. The Balaban J connectivity index is 2.25. The highest BCUT2D eigenvalue weighted by Gasteiger charge is 2.35. The molecule has 0 heterocycles. The second-order valence-corrected chi connectivity index (χ2v) is 8.38. The smallest absolute Gasteiger partial charge is 0.310 e. The summed E-state index contributed by atoms with van der Waals surface area (Å²) in [7, 11) is -2.33. The van der Waals surface area contributed by atoms with Crippen molar-refractivity contribution < 1.29 is 17.9 Å². The number of rotatable bonds is 6. The number of ether oxygens (including phenoxy) is 1. The third-order valence-corrected chi connectivity index (χ3v) is 6.37. The van der Waals surface area contributed by atoms with Gasteiger partial charge in [0.1, 0.15) is 0 Å². The van der Waals surface area contributed by atoms with E-state index < -0.39 is 22.0 Å². The van der Waals surface area contributed by atoms with Gasteiger partial charge in [0.25, 0.3) is 0 Å². The van der Waals surface area contributed by atoms with E-state index in [1.54, 1.807) is 31.2 Å². The summed E-state index contributed by atoms with van der Waals surface area (Å²) in [6.45, 7) is 3.65. The van der Waals surface area contributed by atoms with Crippen molar-refractivity contribution in [3.05, 3.63) is 29.8 Å². The summed E-state index contributed by atoms with van der Waals surface area (Å²) in [5.74, 6) is -0.733. The zero-order valence-electron chi connectivity index (χ0n) is 14.6. The van der Waals surface area contributed by atoms with Gasteiger partial charge in [0.2, 0.25) is 10.0 Å². The Morgan fingerprint density at radius 1 is 1.17 bits per heavy atom. The third-order valence-electron chi connectivity index (χ3n) is 4.89. The predicted octanol–water partition coefficient (Wildman–Crippen LogP) is 3.03. The number of hydrogen-bond acceptors (Lipinski definition) is 4. The summed E-state index contributed by atoms with van der Waals surface area (Å²) >= 11 is 0. The first kappa shape index (κ1) is 18.9. The zero-order chi connectivity index (χ0) is 17.7. The molecule has 1 fully saturated rings. The Bertz CT molecular complexity index is 648. The van der Waals surface area contributed by atoms with Crippen LogP contribution >= 0.6 is 0 Å². The second kappa shape index (κ2) is 8.12. The number of carbonyl (C=O) groups is 1. The quantitative estimate of drug-likeness (QED) is 0.798. The standard InChI is InChI=1S/C18H27NO4S/c1-13-9-11-16(12-10-13)24(21,22)19-17(14(2)18(20)23-3)15-7-5-4-6-8-15/h9-12,14-15,17,19H,4-8H2,1-3H3/t14-,17+/m0/s1. The summed E-state index contributed by atoms with van der Waals surface area (Å²) in [6, 6.07) is 6.29. The van der Waals surface area contributed by atoms with Crippen LogP contribution in [0.3, 0.4) is 0 Å². The predicted molar refractivity (Wildman–Crippen MR) is 93.0 cm³/mol. The van der Waals surface area contributed by atoms with E-state index >= 15 is 0 Å². The van der Waals surface area contributed by atoms with Gasteiger partial charge in [0.05, 0.1) is 17.9 Å². The molecular weight excluding hydrogens is 326 g/mol. The third kappa shape index (κ3) is 4.57. The van der Waals surface area contributed by atoms with Crippen LogP contribution < -0.4 is 4.72 Å². The van der Waals surface area contributed by atoms with E-state index in [9.17, 15) is 13.2 Å². The molecule has 5 nitrogen and oxygen atoms in total. The average molecular weight is 353 g/mol. The molecule has 1 aromatic carbocycles. The molecule has 1 saturated carbocycles. The first-order valence-corrected chi connectivity index (χ1v) is 10.0. The van der Waals surface area contributed by atoms with Crippen LogP contribution in [0.25, 0.3) is 0 Å². The van der Waals surface area contributed by atoms with Gasteiger partial charge in [-0.2, -0.15) is 0 Å². The molecule has 0 aliphatic heterocycles. The van der Waals surface area contributed by atoms with Gasteiger partial charge >= 0.3 is 5.97 Å². The molecule has 2 rings (SSSR count). The largest absolute Gasteiger partial charge is 0.469 e. The van der Waals surface area contributed by atoms with E-state index in [-0.39, 0.29) is 16.8 Å². The SMILES string of the molecule is COC(=O)[C@@H](C)[C@@H](NS(=O)(=O)c1ccc(C)cc1)C1CCCCC1. The lowest BCUT2D eigenvalue weighted by Gasteiger charge is -2.33. The van der Waals surface area contributed by atoms with Gasteiger partial charge < -0.3 is 4.74 Å². The van der Waals surface area contributed by atoms with Gasteiger partial charge in [-0.3, -0.25) is 4.79 Å². The molecule has 1 aliphatic carbocycles. The van der Waals surface area contributed by atoms with Crippen molar-refractivity contribution >= 4 is 16.0 Å². The Hall–Kier alpha value is -1.40. The molecule has 1 aliphatic rings. The summed E-state index contributed by atoms with van der Waals surface area (Å²) in [5, 5.41) is 0. The summed E-state index contributed by atoms with van der Waals surface area (Å²) in [4.78, 5) is 12.2. The van der Waals surface area contributed by atoms with Crippen LogP contribution in [0, 0.1) is 18.8 Å². The van der Waals surface area contributed by atoms with Crippen LogP contribution in [0.15, 0.2) is 29.2 Å². The number of sulfonamides is 1. The lowest BCUT2D eigenvalue weighted by molar-refractivity contribution is -0.146. The monoisotopic (exact) mass is 353 g/mol. The summed E-state index contributed by atoms with van der Waals surface area (Å²) in [5.41, 5.74) is 1.00. The zero-order valence-corrected chi connectivity index (χ0v) is 15.4. The highest BCUT2D eigenvalue weighted by molar-refractivity contribution is 7.89. The molecule has 2 atom stereocenters. The van der Waals surface area contributed by atoms with Gasteiger partial charge in [-0.15, -0.1) is 0 Å². The Labute approximate surface area is 144 Å². The second-order valence-electron chi connectivity index (χ2n) is 6.67. The van der Waals surface area contributed by atoms with Crippen LogP contribution in [0.4, 0.5) is 0 Å². The molecule has 0 amide bonds. The maximum absolute atomic E-state index is 12.7. The molecule has 0 unspecified atom stereocenters. The number of esters is 1. The van der Waals surface area contributed by atoms with E-state index in [0.717, 1.165) is 31.2 Å². The highest BCUT2D eigenvalue weighted by Crippen LogP contribution is 2.31. The average Bonchev–Trinajstić information content (AvgIpc) is 2.59. The normalized spacial score (nSPS) is 18.8. The number of benzene rings is 1.